The van der Waals surface area contributed by atoms with Gasteiger partial charge in [0.25, 0.3) is 5.91 Å². The lowest BCUT2D eigenvalue weighted by molar-refractivity contribution is 0.102. The number of amides is 1. The average molecular weight is 589 g/mol. The monoisotopic (exact) mass is 587 g/mol. The summed E-state index contributed by atoms with van der Waals surface area (Å²) in [5.41, 5.74) is 2.78. The van der Waals surface area contributed by atoms with Crippen molar-refractivity contribution >= 4 is 65.3 Å². The van der Waals surface area contributed by atoms with Crippen molar-refractivity contribution in [2.45, 2.75) is 44.7 Å². The summed E-state index contributed by atoms with van der Waals surface area (Å²) in [5, 5.41) is 3.53. The number of halogens is 5. The van der Waals surface area contributed by atoms with E-state index in [1.54, 1.807) is 24.3 Å². The fourth-order valence-electron chi connectivity index (χ4n) is 4.61. The third-order valence-electron chi connectivity index (χ3n) is 7.07. The first kappa shape index (κ1) is 29.5. The number of nitrogens with one attached hydrogen (secondary N) is 2. The van der Waals surface area contributed by atoms with Gasteiger partial charge in [0.2, 0.25) is 0 Å². The van der Waals surface area contributed by atoms with Gasteiger partial charge in [0.05, 0.1) is 21.3 Å². The lowest BCUT2D eigenvalue weighted by atomic mass is 10.1. The first-order chi connectivity index (χ1) is 16.7. The van der Waals surface area contributed by atoms with Crippen molar-refractivity contribution in [2.24, 2.45) is 0 Å². The Balaban J connectivity index is 0.00000190. The van der Waals surface area contributed by atoms with Gasteiger partial charge in [0.15, 0.2) is 0 Å². The zero-order valence-electron chi connectivity index (χ0n) is 20.7. The maximum absolute atomic E-state index is 15.2. The highest BCUT2D eigenvalue weighted by Gasteiger charge is 2.29. The largest absolute Gasteiger partial charge is 0.366 e. The molecule has 1 aliphatic heterocycles. The minimum Gasteiger partial charge on any atom is -0.366 e. The van der Waals surface area contributed by atoms with Crippen LogP contribution >= 0.6 is 48.0 Å². The summed E-state index contributed by atoms with van der Waals surface area (Å²) in [6.07, 6.45) is 4.16. The summed E-state index contributed by atoms with van der Waals surface area (Å²) in [6, 6.07) is 8.45. The van der Waals surface area contributed by atoms with Crippen LogP contribution in [0.5, 0.6) is 0 Å². The normalized spacial score (nSPS) is 19.7. The molecule has 0 radical (unpaired) electrons. The third kappa shape index (κ3) is 6.18. The number of H-pyrrole nitrogens is 1. The Bertz CT molecular complexity index is 1270. The molecule has 2 N–H and O–H groups in total. The molecule has 2 heterocycles. The van der Waals surface area contributed by atoms with Gasteiger partial charge in [-0.1, -0.05) is 23.2 Å². The second kappa shape index (κ2) is 11.8. The quantitative estimate of drug-likeness (QED) is 0.336. The number of hydrogen-bond acceptors (Lipinski definition) is 4. The molecule has 1 saturated heterocycles. The van der Waals surface area contributed by atoms with Crippen LogP contribution in [0.3, 0.4) is 0 Å². The number of carbonyl (C=O) groups is 1. The molecule has 5 rings (SSSR count). The zero-order valence-corrected chi connectivity index (χ0v) is 23.9. The molecule has 1 amide bonds. The Morgan fingerprint density at radius 3 is 2.41 bits per heavy atom. The van der Waals surface area contributed by atoms with Crippen LogP contribution in [0.1, 0.15) is 48.7 Å². The molecule has 2 atom stereocenters. The smallest absolute Gasteiger partial charge is 0.257 e. The molecule has 200 valence electrons. The van der Waals surface area contributed by atoms with Gasteiger partial charge in [-0.05, 0) is 64.1 Å². The summed E-state index contributed by atoms with van der Waals surface area (Å²) in [6.45, 7) is 5.59. The Kier molecular flexibility index (Phi) is 9.41. The third-order valence-corrected chi connectivity index (χ3v) is 7.72. The molecule has 0 bridgehead atoms. The minimum absolute atomic E-state index is 0. The summed E-state index contributed by atoms with van der Waals surface area (Å²) >= 11 is 12.9. The van der Waals surface area contributed by atoms with Crippen molar-refractivity contribution in [1.29, 1.82) is 0 Å². The molecule has 2 aromatic carbocycles. The fraction of sp³-hybridized carbons (Fsp3) is 0.385. The van der Waals surface area contributed by atoms with Crippen molar-refractivity contribution < 1.29 is 9.18 Å². The molecule has 1 aromatic heterocycles. The molecular formula is C26H30Cl4FN5O. The highest BCUT2D eigenvalue weighted by Crippen LogP contribution is 2.40. The van der Waals surface area contributed by atoms with Crippen LogP contribution in [0, 0.1) is 5.82 Å². The molecule has 1 saturated carbocycles. The SMILES string of the molecule is C[C@@H]1CN(c2cc(Cl)c(C(=O)Nc3ccc(Cl)c(-c4ncc(C5CC5)[nH]4)c3)cc2F)C[C@H](C)N1C.Cl.Cl. The van der Waals surface area contributed by atoms with Gasteiger partial charge in [0, 0.05) is 54.2 Å². The molecular weight excluding hydrogens is 559 g/mol. The molecule has 1 aliphatic carbocycles. The van der Waals surface area contributed by atoms with Crippen molar-refractivity contribution in [1.82, 2.24) is 14.9 Å². The van der Waals surface area contributed by atoms with E-state index in [9.17, 15) is 4.79 Å². The topological polar surface area (TPSA) is 64.3 Å². The standard InChI is InChI=1S/C26H28Cl2FN5O.2ClH/c1-14-12-34(13-15(2)33(14)3)24-10-21(28)19(9-22(24)29)26(35)31-17-6-7-20(27)18(8-17)25-30-11-23(32-25)16-4-5-16;;/h6-11,14-16H,4-5,12-13H2,1-3H3,(H,30,32)(H,31,35);2*1H/t14-,15+;;. The highest BCUT2D eigenvalue weighted by molar-refractivity contribution is 6.35. The van der Waals surface area contributed by atoms with Gasteiger partial charge in [-0.15, -0.1) is 24.8 Å². The molecule has 0 unspecified atom stereocenters. The molecule has 3 aromatic rings. The average Bonchev–Trinajstić information content (AvgIpc) is 3.56. The highest BCUT2D eigenvalue weighted by atomic mass is 35.5. The summed E-state index contributed by atoms with van der Waals surface area (Å²) < 4.78 is 15.2. The number of imidazole rings is 1. The van der Waals surface area contributed by atoms with Crippen LogP contribution in [0.4, 0.5) is 15.8 Å². The summed E-state index contributed by atoms with van der Waals surface area (Å²) in [7, 11) is 2.07. The van der Waals surface area contributed by atoms with Crippen molar-refractivity contribution in [3.63, 3.8) is 0 Å². The Hall–Kier alpha value is -2.03. The van der Waals surface area contributed by atoms with E-state index in [4.69, 9.17) is 23.2 Å². The first-order valence-electron chi connectivity index (χ1n) is 11.8. The van der Waals surface area contributed by atoms with E-state index in [2.05, 4.69) is 41.1 Å². The number of benzene rings is 2. The van der Waals surface area contributed by atoms with Crippen LogP contribution in [-0.4, -0.2) is 53.0 Å². The van der Waals surface area contributed by atoms with E-state index < -0.39 is 11.7 Å². The van der Waals surface area contributed by atoms with Crippen LogP contribution < -0.4 is 10.2 Å². The van der Waals surface area contributed by atoms with Gasteiger partial charge < -0.3 is 15.2 Å². The van der Waals surface area contributed by atoms with Gasteiger partial charge in [-0.2, -0.15) is 0 Å². The lowest BCUT2D eigenvalue weighted by Crippen LogP contribution is -2.55. The Labute approximate surface area is 238 Å². The molecule has 11 heteroatoms. The first-order valence-corrected chi connectivity index (χ1v) is 12.6. The Morgan fingerprint density at radius 1 is 1.08 bits per heavy atom. The number of anilines is 2. The van der Waals surface area contributed by atoms with Crippen molar-refractivity contribution in [3.05, 3.63) is 63.6 Å². The van der Waals surface area contributed by atoms with Gasteiger partial charge in [-0.25, -0.2) is 9.37 Å². The van der Waals surface area contributed by atoms with Crippen LogP contribution in [-0.2, 0) is 0 Å². The van der Waals surface area contributed by atoms with Gasteiger partial charge in [0.1, 0.15) is 11.6 Å². The van der Waals surface area contributed by atoms with Crippen LogP contribution in [0.25, 0.3) is 11.4 Å². The van der Waals surface area contributed by atoms with E-state index >= 15 is 4.39 Å². The molecule has 6 nitrogen and oxygen atoms in total. The molecule has 0 spiro atoms. The summed E-state index contributed by atoms with van der Waals surface area (Å²) in [4.78, 5) is 25.0. The van der Waals surface area contributed by atoms with E-state index in [1.807, 2.05) is 11.1 Å². The van der Waals surface area contributed by atoms with E-state index in [0.29, 0.717) is 46.8 Å². The molecule has 37 heavy (non-hydrogen) atoms. The van der Waals surface area contributed by atoms with E-state index in [0.717, 1.165) is 18.5 Å². The maximum Gasteiger partial charge on any atom is 0.257 e. The predicted molar refractivity (Wildman–Crippen MR) is 154 cm³/mol. The Morgan fingerprint density at radius 2 is 1.76 bits per heavy atom. The van der Waals surface area contributed by atoms with Gasteiger partial charge in [-0.3, -0.25) is 9.69 Å². The number of hydrogen-bond donors (Lipinski definition) is 2. The summed E-state index contributed by atoms with van der Waals surface area (Å²) in [5.74, 6) is 0.225. The number of carbonyl (C=O) groups excluding carboxylic acids is 1. The van der Waals surface area contributed by atoms with E-state index in [-0.39, 0.29) is 47.5 Å². The van der Waals surface area contributed by atoms with Gasteiger partial charge >= 0.3 is 0 Å². The molecule has 2 fully saturated rings. The lowest BCUT2D eigenvalue weighted by Gasteiger charge is -2.43. The number of nitrogens with zero attached hydrogens (tertiary/aromatic N) is 3. The maximum atomic E-state index is 15.2. The number of piperazine rings is 1. The molecule has 2 aliphatic rings. The van der Waals surface area contributed by atoms with Crippen molar-refractivity contribution in [2.75, 3.05) is 30.4 Å². The second-order valence-corrected chi connectivity index (χ2v) is 10.5. The minimum atomic E-state index is -0.494. The van der Waals surface area contributed by atoms with Crippen LogP contribution in [0.15, 0.2) is 36.5 Å². The van der Waals surface area contributed by atoms with E-state index in [1.165, 1.54) is 6.07 Å². The van der Waals surface area contributed by atoms with Crippen LogP contribution in [0.2, 0.25) is 10.0 Å². The number of rotatable bonds is 5. The second-order valence-electron chi connectivity index (χ2n) is 9.66. The zero-order chi connectivity index (χ0) is 24.9. The number of aromatic nitrogens is 2. The fourth-order valence-corrected chi connectivity index (χ4v) is 5.06. The number of likely N-dealkylation sites (N-methyl/N-ethyl adjacent to an activating group) is 1. The predicted octanol–water partition coefficient (Wildman–Crippen LogP) is 7.02. The van der Waals surface area contributed by atoms with Crippen molar-refractivity contribution in [3.8, 4) is 11.4 Å². The number of aromatic amines is 1.